The summed E-state index contributed by atoms with van der Waals surface area (Å²) in [5, 5.41) is 5.94. The molecule has 0 aromatic heterocycles. The van der Waals surface area contributed by atoms with Gasteiger partial charge in [0, 0.05) is 19.3 Å². The van der Waals surface area contributed by atoms with Crippen molar-refractivity contribution in [3.8, 4) is 0 Å². The van der Waals surface area contributed by atoms with Gasteiger partial charge in [0.15, 0.2) is 0 Å². The molecule has 1 fully saturated rings. The lowest BCUT2D eigenvalue weighted by atomic mass is 10.0. The largest absolute Gasteiger partial charge is 0.375 e. The number of hydrogen-bond donors (Lipinski definition) is 2. The Bertz CT molecular complexity index is 594. The minimum Gasteiger partial charge on any atom is -0.375 e. The van der Waals surface area contributed by atoms with E-state index in [-0.39, 0.29) is 18.4 Å². The molecule has 0 radical (unpaired) electrons. The summed E-state index contributed by atoms with van der Waals surface area (Å²) in [6, 6.07) is 4.97. The molecule has 0 saturated carbocycles. The van der Waals surface area contributed by atoms with Crippen LogP contribution >= 0.6 is 11.6 Å². The number of benzene rings is 1. The van der Waals surface area contributed by atoms with Crippen LogP contribution in [0.2, 0.25) is 5.02 Å². The Labute approximate surface area is 147 Å². The molecule has 6 nitrogen and oxygen atoms in total. The van der Waals surface area contributed by atoms with E-state index in [0.717, 1.165) is 19.5 Å². The van der Waals surface area contributed by atoms with Crippen LogP contribution in [0, 0.1) is 5.92 Å². The molecular formula is C17H24ClN3O3. The van der Waals surface area contributed by atoms with Crippen LogP contribution in [0.15, 0.2) is 18.2 Å². The van der Waals surface area contributed by atoms with Gasteiger partial charge >= 0.3 is 0 Å². The van der Waals surface area contributed by atoms with Crippen LogP contribution < -0.4 is 10.6 Å². The second-order valence-electron chi connectivity index (χ2n) is 6.21. The first-order valence-electron chi connectivity index (χ1n) is 8.08. The van der Waals surface area contributed by atoms with Crippen LogP contribution in [0.25, 0.3) is 0 Å². The Hall–Kier alpha value is -1.63. The molecule has 2 amide bonds. The Balaban J connectivity index is 1.95. The van der Waals surface area contributed by atoms with Crippen molar-refractivity contribution in [2.24, 2.45) is 5.92 Å². The van der Waals surface area contributed by atoms with E-state index >= 15 is 0 Å². The van der Waals surface area contributed by atoms with Crippen LogP contribution in [-0.4, -0.2) is 50.1 Å². The predicted octanol–water partition coefficient (Wildman–Crippen LogP) is 2.60. The highest BCUT2D eigenvalue weighted by Crippen LogP contribution is 2.25. The Morgan fingerprint density at radius 2 is 2.12 bits per heavy atom. The number of carbonyl (C=O) groups excluding carboxylic acids is 2. The van der Waals surface area contributed by atoms with E-state index < -0.39 is 0 Å². The maximum atomic E-state index is 12.3. The highest BCUT2D eigenvalue weighted by atomic mass is 35.5. The molecule has 7 heteroatoms. The SMILES string of the molecule is COCC(=O)Nc1ccc(Cl)c(NC(=O)CN2CCCC(C)C2)c1. The molecule has 1 aliphatic rings. The van der Waals surface area contributed by atoms with Gasteiger partial charge in [-0.25, -0.2) is 0 Å². The Kier molecular flexibility index (Phi) is 7.02. The molecule has 0 spiro atoms. The molecule has 2 N–H and O–H groups in total. The molecule has 1 atom stereocenters. The summed E-state index contributed by atoms with van der Waals surface area (Å²) in [5.41, 5.74) is 1.05. The van der Waals surface area contributed by atoms with Crippen molar-refractivity contribution < 1.29 is 14.3 Å². The molecule has 0 bridgehead atoms. The number of hydrogen-bond acceptors (Lipinski definition) is 4. The van der Waals surface area contributed by atoms with Gasteiger partial charge in [0.2, 0.25) is 11.8 Å². The van der Waals surface area contributed by atoms with Gasteiger partial charge in [0.1, 0.15) is 6.61 Å². The van der Waals surface area contributed by atoms with Crippen LogP contribution in [0.1, 0.15) is 19.8 Å². The first-order chi connectivity index (χ1) is 11.5. The molecule has 1 saturated heterocycles. The average Bonchev–Trinajstić information content (AvgIpc) is 2.51. The van der Waals surface area contributed by atoms with Gasteiger partial charge < -0.3 is 15.4 Å². The summed E-state index contributed by atoms with van der Waals surface area (Å²) >= 11 is 6.14. The zero-order valence-electron chi connectivity index (χ0n) is 14.1. The van der Waals surface area contributed by atoms with Crippen molar-refractivity contribution in [3.05, 3.63) is 23.2 Å². The normalized spacial score (nSPS) is 18.2. The minimum absolute atomic E-state index is 0.0303. The molecule has 24 heavy (non-hydrogen) atoms. The summed E-state index contributed by atoms with van der Waals surface area (Å²) < 4.78 is 4.77. The van der Waals surface area contributed by atoms with Gasteiger partial charge in [-0.2, -0.15) is 0 Å². The fourth-order valence-corrected chi connectivity index (χ4v) is 3.01. The quantitative estimate of drug-likeness (QED) is 0.824. The number of methoxy groups -OCH3 is 1. The van der Waals surface area contributed by atoms with Gasteiger partial charge in [-0.1, -0.05) is 18.5 Å². The van der Waals surface area contributed by atoms with Gasteiger partial charge in [0.25, 0.3) is 0 Å². The first-order valence-corrected chi connectivity index (χ1v) is 8.46. The molecule has 0 aliphatic carbocycles. The third-order valence-corrected chi connectivity index (χ3v) is 4.24. The number of nitrogens with zero attached hydrogens (tertiary/aromatic N) is 1. The number of halogens is 1. The predicted molar refractivity (Wildman–Crippen MR) is 95.4 cm³/mol. The maximum absolute atomic E-state index is 12.3. The molecule has 1 aromatic carbocycles. The van der Waals surface area contributed by atoms with E-state index in [2.05, 4.69) is 22.5 Å². The second kappa shape index (κ2) is 9.01. The fourth-order valence-electron chi connectivity index (χ4n) is 2.85. The van der Waals surface area contributed by atoms with Gasteiger partial charge in [0.05, 0.1) is 17.3 Å². The van der Waals surface area contributed by atoms with Crippen molar-refractivity contribution in [3.63, 3.8) is 0 Å². The molecule has 1 unspecified atom stereocenters. The number of nitrogens with one attached hydrogen (secondary N) is 2. The Morgan fingerprint density at radius 1 is 1.33 bits per heavy atom. The van der Waals surface area contributed by atoms with Crippen molar-refractivity contribution in [2.45, 2.75) is 19.8 Å². The lowest BCUT2D eigenvalue weighted by Crippen LogP contribution is -2.39. The molecule has 1 aliphatic heterocycles. The zero-order valence-corrected chi connectivity index (χ0v) is 14.9. The van der Waals surface area contributed by atoms with Gasteiger partial charge in [-0.05, 0) is 43.5 Å². The van der Waals surface area contributed by atoms with E-state index in [1.54, 1.807) is 18.2 Å². The summed E-state index contributed by atoms with van der Waals surface area (Å²) in [4.78, 5) is 26.0. The molecular weight excluding hydrogens is 330 g/mol. The van der Waals surface area contributed by atoms with E-state index in [4.69, 9.17) is 16.3 Å². The lowest BCUT2D eigenvalue weighted by Gasteiger charge is -2.30. The summed E-state index contributed by atoms with van der Waals surface area (Å²) in [6.07, 6.45) is 2.34. The molecule has 1 heterocycles. The second-order valence-corrected chi connectivity index (χ2v) is 6.61. The van der Waals surface area contributed by atoms with E-state index in [0.29, 0.717) is 28.9 Å². The topological polar surface area (TPSA) is 70.7 Å². The van der Waals surface area contributed by atoms with Crippen molar-refractivity contribution in [1.82, 2.24) is 4.90 Å². The number of anilines is 2. The van der Waals surface area contributed by atoms with Crippen LogP contribution in [-0.2, 0) is 14.3 Å². The summed E-state index contributed by atoms with van der Waals surface area (Å²) in [7, 11) is 1.45. The van der Waals surface area contributed by atoms with Crippen molar-refractivity contribution in [2.75, 3.05) is 44.0 Å². The number of likely N-dealkylation sites (tertiary alicyclic amines) is 1. The van der Waals surface area contributed by atoms with Gasteiger partial charge in [-0.3, -0.25) is 14.5 Å². The molecule has 132 valence electrons. The highest BCUT2D eigenvalue weighted by molar-refractivity contribution is 6.33. The number of carbonyl (C=O) groups is 2. The van der Waals surface area contributed by atoms with Crippen LogP contribution in [0.4, 0.5) is 11.4 Å². The van der Waals surface area contributed by atoms with Crippen molar-refractivity contribution in [1.29, 1.82) is 0 Å². The van der Waals surface area contributed by atoms with Crippen molar-refractivity contribution >= 4 is 34.8 Å². The zero-order chi connectivity index (χ0) is 17.5. The Morgan fingerprint density at radius 3 is 2.83 bits per heavy atom. The van der Waals surface area contributed by atoms with E-state index in [9.17, 15) is 9.59 Å². The first kappa shape index (κ1) is 18.7. The van der Waals surface area contributed by atoms with Gasteiger partial charge in [-0.15, -0.1) is 0 Å². The molecule has 1 aromatic rings. The van der Waals surface area contributed by atoms with Crippen LogP contribution in [0.3, 0.4) is 0 Å². The maximum Gasteiger partial charge on any atom is 0.250 e. The van der Waals surface area contributed by atoms with E-state index in [1.165, 1.54) is 13.5 Å². The fraction of sp³-hybridized carbons (Fsp3) is 0.529. The standard InChI is InChI=1S/C17H24ClN3O3/c1-12-4-3-7-21(9-12)10-16(22)20-15-8-13(5-6-14(15)18)19-17(23)11-24-2/h5-6,8,12H,3-4,7,9-11H2,1-2H3,(H,19,23)(H,20,22). The number of rotatable bonds is 6. The summed E-state index contributed by atoms with van der Waals surface area (Å²) in [5.74, 6) is 0.250. The lowest BCUT2D eigenvalue weighted by molar-refractivity contribution is -0.119. The third-order valence-electron chi connectivity index (χ3n) is 3.91. The minimum atomic E-state index is -0.264. The number of piperidine rings is 1. The summed E-state index contributed by atoms with van der Waals surface area (Å²) in [6.45, 7) is 4.40. The van der Waals surface area contributed by atoms with Crippen LogP contribution in [0.5, 0.6) is 0 Å². The highest BCUT2D eigenvalue weighted by Gasteiger charge is 2.19. The van der Waals surface area contributed by atoms with E-state index in [1.807, 2.05) is 0 Å². The average molecular weight is 354 g/mol. The third kappa shape index (κ3) is 5.78. The number of ether oxygens (including phenoxy) is 1. The smallest absolute Gasteiger partial charge is 0.250 e. The monoisotopic (exact) mass is 353 g/mol. The molecule has 2 rings (SSSR count). The number of amides is 2.